The lowest BCUT2D eigenvalue weighted by atomic mass is 10.1. The largest absolute Gasteiger partial charge is 0.497 e. The van der Waals surface area contributed by atoms with Crippen molar-refractivity contribution in [2.75, 3.05) is 38.0 Å². The van der Waals surface area contributed by atoms with Crippen LogP contribution in [0.3, 0.4) is 0 Å². The standard InChI is InChI=1S/C24H26N2O7S/c1-5-33-22-14-16(6-12-20(22)31-3)24(27)25-18-9-13-21(32-4)23(15-18)34(28,29)26-17-7-10-19(30-2)11-8-17/h6-15,26H,5H2,1-4H3,(H,25,27). The number of hydrogen-bond acceptors (Lipinski definition) is 7. The van der Waals surface area contributed by atoms with Crippen LogP contribution in [0, 0.1) is 0 Å². The van der Waals surface area contributed by atoms with Gasteiger partial charge in [0.1, 0.15) is 16.4 Å². The molecule has 180 valence electrons. The Balaban J connectivity index is 1.87. The highest BCUT2D eigenvalue weighted by Crippen LogP contribution is 2.31. The fourth-order valence-corrected chi connectivity index (χ4v) is 4.38. The average Bonchev–Trinajstić information content (AvgIpc) is 2.84. The molecule has 3 aromatic rings. The lowest BCUT2D eigenvalue weighted by Crippen LogP contribution is -2.16. The Hall–Kier alpha value is -3.92. The molecule has 2 N–H and O–H groups in total. The molecule has 0 fully saturated rings. The van der Waals surface area contributed by atoms with Gasteiger partial charge in [0.15, 0.2) is 11.5 Å². The first-order chi connectivity index (χ1) is 16.3. The van der Waals surface area contributed by atoms with Gasteiger partial charge in [-0.15, -0.1) is 0 Å². The van der Waals surface area contributed by atoms with Crippen molar-refractivity contribution >= 4 is 27.3 Å². The zero-order valence-electron chi connectivity index (χ0n) is 19.2. The van der Waals surface area contributed by atoms with E-state index in [1.807, 2.05) is 6.92 Å². The van der Waals surface area contributed by atoms with Gasteiger partial charge in [0.05, 0.1) is 27.9 Å². The molecule has 0 heterocycles. The van der Waals surface area contributed by atoms with Crippen LogP contribution in [0.2, 0.25) is 0 Å². The van der Waals surface area contributed by atoms with Crippen LogP contribution in [-0.4, -0.2) is 42.3 Å². The van der Waals surface area contributed by atoms with Crippen molar-refractivity contribution in [1.82, 2.24) is 0 Å². The van der Waals surface area contributed by atoms with Crippen LogP contribution < -0.4 is 29.0 Å². The highest BCUT2D eigenvalue weighted by molar-refractivity contribution is 7.92. The Kier molecular flexibility index (Phi) is 7.85. The summed E-state index contributed by atoms with van der Waals surface area (Å²) >= 11 is 0. The number of rotatable bonds is 10. The topological polar surface area (TPSA) is 112 Å². The third-order valence-electron chi connectivity index (χ3n) is 4.78. The molecule has 0 unspecified atom stereocenters. The summed E-state index contributed by atoms with van der Waals surface area (Å²) in [5, 5.41) is 2.71. The lowest BCUT2D eigenvalue weighted by Gasteiger charge is -2.14. The molecule has 0 bridgehead atoms. The van der Waals surface area contributed by atoms with E-state index < -0.39 is 15.9 Å². The normalized spacial score (nSPS) is 10.8. The molecule has 0 aliphatic heterocycles. The number of carbonyl (C=O) groups is 1. The molecular formula is C24H26N2O7S. The maximum absolute atomic E-state index is 13.1. The van der Waals surface area contributed by atoms with E-state index in [9.17, 15) is 13.2 Å². The molecule has 0 atom stereocenters. The van der Waals surface area contributed by atoms with Crippen molar-refractivity contribution in [3.05, 3.63) is 66.2 Å². The van der Waals surface area contributed by atoms with Crippen LogP contribution >= 0.6 is 0 Å². The van der Waals surface area contributed by atoms with Gasteiger partial charge in [-0.05, 0) is 67.6 Å². The quantitative estimate of drug-likeness (QED) is 0.442. The second-order valence-corrected chi connectivity index (χ2v) is 8.60. The zero-order chi connectivity index (χ0) is 24.7. The molecule has 10 heteroatoms. The van der Waals surface area contributed by atoms with Crippen LogP contribution in [0.5, 0.6) is 23.0 Å². The van der Waals surface area contributed by atoms with E-state index in [-0.39, 0.29) is 16.3 Å². The van der Waals surface area contributed by atoms with Gasteiger partial charge >= 0.3 is 0 Å². The summed E-state index contributed by atoms with van der Waals surface area (Å²) in [7, 11) is 0.374. The minimum Gasteiger partial charge on any atom is -0.497 e. The number of ether oxygens (including phenoxy) is 4. The van der Waals surface area contributed by atoms with Gasteiger partial charge < -0.3 is 24.3 Å². The van der Waals surface area contributed by atoms with Crippen LogP contribution in [0.15, 0.2) is 65.6 Å². The molecule has 3 rings (SSSR count). The molecule has 9 nitrogen and oxygen atoms in total. The summed E-state index contributed by atoms with van der Waals surface area (Å²) in [6, 6.07) is 15.6. The Morgan fingerprint density at radius 1 is 0.794 bits per heavy atom. The van der Waals surface area contributed by atoms with E-state index in [1.54, 1.807) is 48.5 Å². The number of amides is 1. The van der Waals surface area contributed by atoms with E-state index in [0.29, 0.717) is 35.1 Å². The van der Waals surface area contributed by atoms with E-state index in [1.165, 1.54) is 33.5 Å². The van der Waals surface area contributed by atoms with E-state index in [2.05, 4.69) is 10.0 Å². The summed E-state index contributed by atoms with van der Waals surface area (Å²) in [5.74, 6) is 1.21. The first kappa shape index (κ1) is 24.7. The molecule has 0 aliphatic carbocycles. The maximum Gasteiger partial charge on any atom is 0.265 e. The Labute approximate surface area is 198 Å². The summed E-state index contributed by atoms with van der Waals surface area (Å²) in [6.07, 6.45) is 0. The smallest absolute Gasteiger partial charge is 0.265 e. The third kappa shape index (κ3) is 5.70. The minimum absolute atomic E-state index is 0.127. The highest BCUT2D eigenvalue weighted by atomic mass is 32.2. The number of anilines is 2. The molecule has 0 saturated carbocycles. The Bertz CT molecular complexity index is 1260. The molecular weight excluding hydrogens is 460 g/mol. The number of sulfonamides is 1. The molecule has 0 saturated heterocycles. The summed E-state index contributed by atoms with van der Waals surface area (Å²) in [6.45, 7) is 2.23. The number of hydrogen-bond donors (Lipinski definition) is 2. The van der Waals surface area contributed by atoms with Crippen molar-refractivity contribution in [1.29, 1.82) is 0 Å². The maximum atomic E-state index is 13.1. The fourth-order valence-electron chi connectivity index (χ4n) is 3.12. The zero-order valence-corrected chi connectivity index (χ0v) is 20.1. The monoisotopic (exact) mass is 486 g/mol. The SMILES string of the molecule is CCOc1cc(C(=O)Nc2ccc(OC)c(S(=O)(=O)Nc3ccc(OC)cc3)c2)ccc1OC. The van der Waals surface area contributed by atoms with E-state index in [0.717, 1.165) is 0 Å². The molecule has 3 aromatic carbocycles. The Morgan fingerprint density at radius 2 is 1.44 bits per heavy atom. The summed E-state index contributed by atoms with van der Waals surface area (Å²) in [4.78, 5) is 12.7. The molecule has 0 spiro atoms. The van der Waals surface area contributed by atoms with Gasteiger partial charge in [0.25, 0.3) is 15.9 Å². The predicted octanol–water partition coefficient (Wildman–Crippen LogP) is 4.16. The van der Waals surface area contributed by atoms with Crippen molar-refractivity contribution in [2.24, 2.45) is 0 Å². The van der Waals surface area contributed by atoms with Gasteiger partial charge in [0, 0.05) is 16.9 Å². The van der Waals surface area contributed by atoms with Gasteiger partial charge in [0.2, 0.25) is 0 Å². The average molecular weight is 487 g/mol. The first-order valence-electron chi connectivity index (χ1n) is 10.3. The molecule has 34 heavy (non-hydrogen) atoms. The molecule has 0 radical (unpaired) electrons. The van der Waals surface area contributed by atoms with Crippen molar-refractivity contribution in [3.8, 4) is 23.0 Å². The van der Waals surface area contributed by atoms with Crippen molar-refractivity contribution in [2.45, 2.75) is 11.8 Å². The summed E-state index contributed by atoms with van der Waals surface area (Å²) in [5.41, 5.74) is 0.939. The number of benzene rings is 3. The molecule has 0 aromatic heterocycles. The number of methoxy groups -OCH3 is 3. The second kappa shape index (κ2) is 10.8. The fraction of sp³-hybridized carbons (Fsp3) is 0.208. The van der Waals surface area contributed by atoms with E-state index in [4.69, 9.17) is 18.9 Å². The predicted molar refractivity (Wildman–Crippen MR) is 129 cm³/mol. The van der Waals surface area contributed by atoms with Crippen molar-refractivity contribution in [3.63, 3.8) is 0 Å². The first-order valence-corrected chi connectivity index (χ1v) is 11.8. The van der Waals surface area contributed by atoms with Gasteiger partial charge in [-0.3, -0.25) is 9.52 Å². The number of nitrogens with one attached hydrogen (secondary N) is 2. The van der Waals surface area contributed by atoms with Crippen LogP contribution in [0.25, 0.3) is 0 Å². The molecule has 1 amide bonds. The van der Waals surface area contributed by atoms with Gasteiger partial charge in [-0.1, -0.05) is 0 Å². The lowest BCUT2D eigenvalue weighted by molar-refractivity contribution is 0.102. The van der Waals surface area contributed by atoms with Gasteiger partial charge in [-0.25, -0.2) is 8.42 Å². The van der Waals surface area contributed by atoms with Gasteiger partial charge in [-0.2, -0.15) is 0 Å². The van der Waals surface area contributed by atoms with Crippen molar-refractivity contribution < 1.29 is 32.2 Å². The van der Waals surface area contributed by atoms with E-state index >= 15 is 0 Å². The second-order valence-electron chi connectivity index (χ2n) is 6.95. The van der Waals surface area contributed by atoms with Crippen LogP contribution in [-0.2, 0) is 10.0 Å². The minimum atomic E-state index is -4.03. The third-order valence-corrected chi connectivity index (χ3v) is 6.18. The van der Waals surface area contributed by atoms with Crippen LogP contribution in [0.1, 0.15) is 17.3 Å². The Morgan fingerprint density at radius 3 is 2.06 bits per heavy atom. The highest BCUT2D eigenvalue weighted by Gasteiger charge is 2.21. The molecule has 0 aliphatic rings. The summed E-state index contributed by atoms with van der Waals surface area (Å²) < 4.78 is 49.7. The number of carbonyl (C=O) groups excluding carboxylic acids is 1. The van der Waals surface area contributed by atoms with Crippen LogP contribution in [0.4, 0.5) is 11.4 Å².